The van der Waals surface area contributed by atoms with Gasteiger partial charge in [-0.2, -0.15) is 0 Å². The number of halogens is 1. The number of amides is 2. The van der Waals surface area contributed by atoms with E-state index in [9.17, 15) is 9.59 Å². The van der Waals surface area contributed by atoms with Gasteiger partial charge in [-0.05, 0) is 37.5 Å². The first-order valence-electron chi connectivity index (χ1n) is 8.41. The van der Waals surface area contributed by atoms with Crippen LogP contribution in [0.15, 0.2) is 23.1 Å². The third kappa shape index (κ3) is 5.71. The summed E-state index contributed by atoms with van der Waals surface area (Å²) in [6.45, 7) is 6.42. The number of nitrogens with one attached hydrogen (secondary N) is 2. The fourth-order valence-corrected chi connectivity index (χ4v) is 3.93. The fraction of sp³-hybridized carbons (Fsp3) is 0.556. The van der Waals surface area contributed by atoms with E-state index in [0.717, 1.165) is 23.4 Å². The third-order valence-corrected chi connectivity index (χ3v) is 5.47. The molecule has 0 aromatic heterocycles. The Hall–Kier alpha value is -1.20. The highest BCUT2D eigenvalue weighted by atomic mass is 35.5. The van der Waals surface area contributed by atoms with Crippen molar-refractivity contribution < 1.29 is 9.59 Å². The number of hydrogen-bond acceptors (Lipinski definition) is 3. The van der Waals surface area contributed by atoms with E-state index in [0.29, 0.717) is 10.9 Å². The van der Waals surface area contributed by atoms with Gasteiger partial charge in [-0.25, -0.2) is 0 Å². The number of carbonyl (C=O) groups excluding carboxylic acids is 2. The maximum absolute atomic E-state index is 12.2. The number of carbonyl (C=O) groups is 2. The molecular weight excluding hydrogens is 344 g/mol. The van der Waals surface area contributed by atoms with E-state index < -0.39 is 5.25 Å². The Morgan fingerprint density at radius 2 is 2.08 bits per heavy atom. The molecule has 2 N–H and O–H groups in total. The molecule has 1 heterocycles. The molecule has 1 aliphatic heterocycles. The van der Waals surface area contributed by atoms with Crippen LogP contribution in [0.3, 0.4) is 0 Å². The lowest BCUT2D eigenvalue weighted by molar-refractivity contribution is -0.124. The van der Waals surface area contributed by atoms with Crippen LogP contribution in [0.5, 0.6) is 0 Å². The van der Waals surface area contributed by atoms with Gasteiger partial charge < -0.3 is 10.6 Å². The molecule has 0 fully saturated rings. The summed E-state index contributed by atoms with van der Waals surface area (Å²) in [5.74, 6) is 0.471. The van der Waals surface area contributed by atoms with Crippen molar-refractivity contribution in [1.29, 1.82) is 0 Å². The number of fused-ring (bicyclic) bond motifs is 1. The summed E-state index contributed by atoms with van der Waals surface area (Å²) in [5.41, 5.74) is 0.719. The van der Waals surface area contributed by atoms with Gasteiger partial charge in [0.05, 0.1) is 10.9 Å². The monoisotopic (exact) mass is 368 g/mol. The Balaban J connectivity index is 1.83. The predicted molar refractivity (Wildman–Crippen MR) is 101 cm³/mol. The normalized spacial score (nSPS) is 18.0. The third-order valence-electron chi connectivity index (χ3n) is 3.96. The zero-order chi connectivity index (χ0) is 17.7. The van der Waals surface area contributed by atoms with Crippen LogP contribution in [0.2, 0.25) is 5.02 Å². The second-order valence-electron chi connectivity index (χ2n) is 6.73. The van der Waals surface area contributed by atoms with Crippen LogP contribution >= 0.6 is 23.4 Å². The number of hydrogen-bond donors (Lipinski definition) is 2. The van der Waals surface area contributed by atoms with Crippen molar-refractivity contribution in [2.24, 2.45) is 5.92 Å². The number of thioether (sulfide) groups is 1. The zero-order valence-corrected chi connectivity index (χ0v) is 16.0. The van der Waals surface area contributed by atoms with Crippen molar-refractivity contribution in [3.63, 3.8) is 0 Å². The van der Waals surface area contributed by atoms with Crippen LogP contribution in [0.25, 0.3) is 0 Å². The van der Waals surface area contributed by atoms with Crippen LogP contribution in [0.1, 0.15) is 46.5 Å². The van der Waals surface area contributed by atoms with Gasteiger partial charge in [0, 0.05) is 22.4 Å². The van der Waals surface area contributed by atoms with Crippen molar-refractivity contribution >= 4 is 40.9 Å². The SMILES string of the molecule is CC(C)CCCC(C)NC(=O)CC1Sc2ccc(Cl)cc2NC1=O. The molecule has 2 unspecified atom stereocenters. The molecule has 1 aromatic carbocycles. The Kier molecular flexibility index (Phi) is 6.99. The Labute approximate surface area is 153 Å². The van der Waals surface area contributed by atoms with Crippen LogP contribution in [0, 0.1) is 5.92 Å². The highest BCUT2D eigenvalue weighted by Crippen LogP contribution is 2.38. The van der Waals surface area contributed by atoms with Gasteiger partial charge in [0.1, 0.15) is 0 Å². The van der Waals surface area contributed by atoms with Crippen molar-refractivity contribution in [2.75, 3.05) is 5.32 Å². The molecule has 0 saturated carbocycles. The molecule has 1 aliphatic rings. The van der Waals surface area contributed by atoms with E-state index in [1.165, 1.54) is 18.2 Å². The predicted octanol–water partition coefficient (Wildman–Crippen LogP) is 4.47. The molecule has 2 atom stereocenters. The van der Waals surface area contributed by atoms with E-state index in [-0.39, 0.29) is 24.3 Å². The average molecular weight is 369 g/mol. The van der Waals surface area contributed by atoms with Crippen LogP contribution in [-0.4, -0.2) is 23.1 Å². The first-order chi connectivity index (χ1) is 11.3. The van der Waals surface area contributed by atoms with Gasteiger partial charge in [0.15, 0.2) is 0 Å². The molecule has 0 radical (unpaired) electrons. The summed E-state index contributed by atoms with van der Waals surface area (Å²) in [6, 6.07) is 5.54. The quantitative estimate of drug-likeness (QED) is 0.746. The Bertz CT molecular complexity index is 607. The summed E-state index contributed by atoms with van der Waals surface area (Å²) in [5, 5.41) is 6.02. The number of rotatable bonds is 7. The molecule has 2 amide bonds. The highest BCUT2D eigenvalue weighted by molar-refractivity contribution is 8.01. The molecule has 132 valence electrons. The number of benzene rings is 1. The Morgan fingerprint density at radius 1 is 1.33 bits per heavy atom. The van der Waals surface area contributed by atoms with Gasteiger partial charge in [-0.3, -0.25) is 9.59 Å². The molecule has 0 bridgehead atoms. The first kappa shape index (κ1) is 19.1. The summed E-state index contributed by atoms with van der Waals surface area (Å²) < 4.78 is 0. The Morgan fingerprint density at radius 3 is 2.79 bits per heavy atom. The second-order valence-corrected chi connectivity index (χ2v) is 8.41. The largest absolute Gasteiger partial charge is 0.354 e. The van der Waals surface area contributed by atoms with Gasteiger partial charge in [-0.15, -0.1) is 11.8 Å². The lowest BCUT2D eigenvalue weighted by atomic mass is 10.0. The summed E-state index contributed by atoms with van der Waals surface area (Å²) >= 11 is 7.36. The minimum absolute atomic E-state index is 0.0721. The van der Waals surface area contributed by atoms with Gasteiger partial charge in [-0.1, -0.05) is 38.3 Å². The van der Waals surface area contributed by atoms with Crippen LogP contribution in [0.4, 0.5) is 5.69 Å². The van der Waals surface area contributed by atoms with Gasteiger partial charge in [0.2, 0.25) is 11.8 Å². The van der Waals surface area contributed by atoms with E-state index >= 15 is 0 Å². The average Bonchev–Trinajstić information content (AvgIpc) is 2.47. The highest BCUT2D eigenvalue weighted by Gasteiger charge is 2.29. The summed E-state index contributed by atoms with van der Waals surface area (Å²) in [7, 11) is 0. The molecule has 6 heteroatoms. The molecule has 0 aliphatic carbocycles. The molecule has 2 rings (SSSR count). The topological polar surface area (TPSA) is 58.2 Å². The van der Waals surface area contributed by atoms with Gasteiger partial charge >= 0.3 is 0 Å². The van der Waals surface area contributed by atoms with E-state index in [2.05, 4.69) is 24.5 Å². The molecule has 1 aromatic rings. The number of anilines is 1. The molecule has 0 spiro atoms. The van der Waals surface area contributed by atoms with E-state index in [1.54, 1.807) is 12.1 Å². The van der Waals surface area contributed by atoms with Gasteiger partial charge in [0.25, 0.3) is 0 Å². The molecular formula is C18H25ClN2O2S. The minimum atomic E-state index is -0.401. The first-order valence-corrected chi connectivity index (χ1v) is 9.67. The standard InChI is InChI=1S/C18H25ClN2O2S/c1-11(2)5-4-6-12(3)20-17(22)10-16-18(23)21-14-9-13(19)7-8-15(14)24-16/h7-9,11-12,16H,4-6,10H2,1-3H3,(H,20,22)(H,21,23). The van der Waals surface area contributed by atoms with E-state index in [1.807, 2.05) is 13.0 Å². The minimum Gasteiger partial charge on any atom is -0.354 e. The lowest BCUT2D eigenvalue weighted by Gasteiger charge is -2.24. The molecule has 0 saturated heterocycles. The van der Waals surface area contributed by atoms with Crippen molar-refractivity contribution in [3.05, 3.63) is 23.2 Å². The summed E-state index contributed by atoms with van der Waals surface area (Å²) in [4.78, 5) is 25.3. The van der Waals surface area contributed by atoms with Crippen LogP contribution in [-0.2, 0) is 9.59 Å². The lowest BCUT2D eigenvalue weighted by Crippen LogP contribution is -2.38. The zero-order valence-electron chi connectivity index (χ0n) is 14.4. The smallest absolute Gasteiger partial charge is 0.238 e. The van der Waals surface area contributed by atoms with Crippen LogP contribution < -0.4 is 10.6 Å². The van der Waals surface area contributed by atoms with Crippen molar-refractivity contribution in [3.8, 4) is 0 Å². The second kappa shape index (κ2) is 8.77. The van der Waals surface area contributed by atoms with Crippen molar-refractivity contribution in [1.82, 2.24) is 5.32 Å². The summed E-state index contributed by atoms with van der Waals surface area (Å²) in [6.07, 6.45) is 3.43. The molecule has 4 nitrogen and oxygen atoms in total. The maximum Gasteiger partial charge on any atom is 0.238 e. The molecule has 24 heavy (non-hydrogen) atoms. The van der Waals surface area contributed by atoms with E-state index in [4.69, 9.17) is 11.6 Å². The van der Waals surface area contributed by atoms with Crippen molar-refractivity contribution in [2.45, 2.75) is 62.6 Å². The fourth-order valence-electron chi connectivity index (χ4n) is 2.66. The maximum atomic E-state index is 12.2.